The molecule has 7 nitrogen and oxygen atoms in total. The molecule has 130 valence electrons. The predicted octanol–water partition coefficient (Wildman–Crippen LogP) is 1.95. The van der Waals surface area contributed by atoms with Crippen LogP contribution in [-0.4, -0.2) is 29.0 Å². The highest BCUT2D eigenvalue weighted by Crippen LogP contribution is 2.30. The number of hydrogen-bond acceptors (Lipinski definition) is 7. The molecule has 2 heterocycles. The standard InChI is InChI=1S/C19H12O7/c1-8(20)12-7-15-14(18(23)26-19(15)24)6-10(12)4-9-2-3-11-13(5-9)17(22)25-16(11)21/h2-3,5-8,20H,4H2,1H3. The first-order valence-electron chi connectivity index (χ1n) is 7.86. The molecule has 0 fully saturated rings. The Labute approximate surface area is 147 Å². The monoisotopic (exact) mass is 352 g/mol. The number of cyclic esters (lactones) is 4. The van der Waals surface area contributed by atoms with E-state index in [0.717, 1.165) is 0 Å². The van der Waals surface area contributed by atoms with Crippen LogP contribution in [0.1, 0.15) is 71.2 Å². The number of rotatable bonds is 3. The van der Waals surface area contributed by atoms with Gasteiger partial charge in [0.25, 0.3) is 0 Å². The van der Waals surface area contributed by atoms with Gasteiger partial charge >= 0.3 is 23.9 Å². The number of carbonyl (C=O) groups is 4. The summed E-state index contributed by atoms with van der Waals surface area (Å²) in [5.41, 5.74) is 2.44. The van der Waals surface area contributed by atoms with Crippen molar-refractivity contribution in [1.29, 1.82) is 0 Å². The van der Waals surface area contributed by atoms with Crippen LogP contribution in [0.25, 0.3) is 0 Å². The average Bonchev–Trinajstić information content (AvgIpc) is 3.03. The Morgan fingerprint density at radius 3 is 1.96 bits per heavy atom. The quantitative estimate of drug-likeness (QED) is 0.664. The molecule has 0 saturated heterocycles. The first-order chi connectivity index (χ1) is 12.3. The molecule has 2 aliphatic rings. The smallest absolute Gasteiger partial charge is 0.346 e. The molecule has 0 aliphatic carbocycles. The highest BCUT2D eigenvalue weighted by atomic mass is 16.6. The van der Waals surface area contributed by atoms with Crippen LogP contribution >= 0.6 is 0 Å². The summed E-state index contributed by atoms with van der Waals surface area (Å²) in [7, 11) is 0. The SMILES string of the molecule is CC(O)c1cc2c(cc1Cc1ccc3c(c1)C(=O)OC3=O)C(=O)OC2=O. The second-order valence-electron chi connectivity index (χ2n) is 6.18. The van der Waals surface area contributed by atoms with Gasteiger partial charge in [0.2, 0.25) is 0 Å². The Kier molecular flexibility index (Phi) is 3.48. The van der Waals surface area contributed by atoms with E-state index >= 15 is 0 Å². The second-order valence-corrected chi connectivity index (χ2v) is 6.18. The summed E-state index contributed by atoms with van der Waals surface area (Å²) in [6.45, 7) is 1.55. The third kappa shape index (κ3) is 2.41. The lowest BCUT2D eigenvalue weighted by Crippen LogP contribution is -2.05. The fraction of sp³-hybridized carbons (Fsp3) is 0.158. The van der Waals surface area contributed by atoms with Crippen molar-refractivity contribution in [3.8, 4) is 0 Å². The van der Waals surface area contributed by atoms with E-state index in [1.807, 2.05) is 0 Å². The minimum Gasteiger partial charge on any atom is -0.389 e. The van der Waals surface area contributed by atoms with Crippen molar-refractivity contribution in [3.63, 3.8) is 0 Å². The van der Waals surface area contributed by atoms with Gasteiger partial charge in [-0.25, -0.2) is 19.2 Å². The van der Waals surface area contributed by atoms with Gasteiger partial charge < -0.3 is 14.6 Å². The molecule has 1 unspecified atom stereocenters. The van der Waals surface area contributed by atoms with Gasteiger partial charge in [-0.05, 0) is 54.3 Å². The minimum atomic E-state index is -0.875. The molecule has 0 saturated carbocycles. The van der Waals surface area contributed by atoms with E-state index < -0.39 is 30.0 Å². The van der Waals surface area contributed by atoms with Gasteiger partial charge in [0.05, 0.1) is 28.4 Å². The van der Waals surface area contributed by atoms with Gasteiger partial charge in [-0.1, -0.05) is 6.07 Å². The molecule has 0 aromatic heterocycles. The van der Waals surface area contributed by atoms with Crippen molar-refractivity contribution in [1.82, 2.24) is 0 Å². The number of fused-ring (bicyclic) bond motifs is 2. The fourth-order valence-electron chi connectivity index (χ4n) is 3.20. The summed E-state index contributed by atoms with van der Waals surface area (Å²) in [5, 5.41) is 10.0. The Morgan fingerprint density at radius 2 is 1.35 bits per heavy atom. The number of esters is 4. The van der Waals surface area contributed by atoms with Crippen LogP contribution in [-0.2, 0) is 15.9 Å². The maximum absolute atomic E-state index is 11.8. The van der Waals surface area contributed by atoms with Crippen LogP contribution in [0.3, 0.4) is 0 Å². The Bertz CT molecular complexity index is 1020. The predicted molar refractivity (Wildman–Crippen MR) is 85.8 cm³/mol. The van der Waals surface area contributed by atoms with Crippen molar-refractivity contribution in [2.24, 2.45) is 0 Å². The van der Waals surface area contributed by atoms with E-state index in [4.69, 9.17) is 0 Å². The van der Waals surface area contributed by atoms with Crippen molar-refractivity contribution in [2.75, 3.05) is 0 Å². The van der Waals surface area contributed by atoms with Crippen LogP contribution < -0.4 is 0 Å². The molecule has 0 amide bonds. The third-order valence-corrected chi connectivity index (χ3v) is 4.46. The lowest BCUT2D eigenvalue weighted by Gasteiger charge is -2.13. The van der Waals surface area contributed by atoms with Gasteiger partial charge in [-0.15, -0.1) is 0 Å². The Hall–Kier alpha value is -3.32. The molecule has 4 rings (SSSR count). The van der Waals surface area contributed by atoms with Crippen LogP contribution in [0.2, 0.25) is 0 Å². The molecular formula is C19H12O7. The molecule has 2 aromatic rings. The highest BCUT2D eigenvalue weighted by molar-refractivity contribution is 6.15. The third-order valence-electron chi connectivity index (χ3n) is 4.46. The lowest BCUT2D eigenvalue weighted by molar-refractivity contribution is 0.0425. The van der Waals surface area contributed by atoms with Gasteiger partial charge in [0.15, 0.2) is 0 Å². The summed E-state index contributed by atoms with van der Waals surface area (Å²) < 4.78 is 9.17. The van der Waals surface area contributed by atoms with Crippen molar-refractivity contribution < 1.29 is 33.8 Å². The van der Waals surface area contributed by atoms with Gasteiger partial charge in [0, 0.05) is 0 Å². The topological polar surface area (TPSA) is 107 Å². The second kappa shape index (κ2) is 5.60. The lowest BCUT2D eigenvalue weighted by atomic mass is 9.91. The Morgan fingerprint density at radius 1 is 0.808 bits per heavy atom. The van der Waals surface area contributed by atoms with Crippen LogP contribution in [0.4, 0.5) is 0 Å². The van der Waals surface area contributed by atoms with E-state index in [1.54, 1.807) is 19.1 Å². The van der Waals surface area contributed by atoms with Gasteiger partial charge in [-0.2, -0.15) is 0 Å². The summed E-state index contributed by atoms with van der Waals surface area (Å²) in [6, 6.07) is 7.69. The van der Waals surface area contributed by atoms with E-state index in [1.165, 1.54) is 18.2 Å². The molecule has 26 heavy (non-hydrogen) atoms. The zero-order chi connectivity index (χ0) is 18.6. The van der Waals surface area contributed by atoms with Crippen molar-refractivity contribution in [3.05, 3.63) is 69.3 Å². The van der Waals surface area contributed by atoms with Crippen LogP contribution in [0.5, 0.6) is 0 Å². The van der Waals surface area contributed by atoms with Crippen LogP contribution in [0.15, 0.2) is 30.3 Å². The molecule has 0 radical (unpaired) electrons. The highest BCUT2D eigenvalue weighted by Gasteiger charge is 2.32. The summed E-state index contributed by atoms with van der Waals surface area (Å²) >= 11 is 0. The van der Waals surface area contributed by atoms with E-state index in [2.05, 4.69) is 9.47 Å². The number of ether oxygens (including phenoxy) is 2. The molecule has 1 atom stereocenters. The fourth-order valence-corrected chi connectivity index (χ4v) is 3.20. The zero-order valence-electron chi connectivity index (χ0n) is 13.6. The normalized spacial score (nSPS) is 16.2. The molecule has 2 aromatic carbocycles. The number of carbonyl (C=O) groups excluding carboxylic acids is 4. The summed E-state index contributed by atoms with van der Waals surface area (Å²) in [4.78, 5) is 46.7. The number of benzene rings is 2. The maximum Gasteiger partial charge on any atom is 0.346 e. The van der Waals surface area contributed by atoms with E-state index in [0.29, 0.717) is 16.7 Å². The first-order valence-corrected chi connectivity index (χ1v) is 7.86. The molecular weight excluding hydrogens is 340 g/mol. The van der Waals surface area contributed by atoms with Crippen LogP contribution in [0, 0.1) is 0 Å². The molecule has 0 spiro atoms. The molecule has 0 bridgehead atoms. The molecule has 7 heteroatoms. The summed E-state index contributed by atoms with van der Waals surface area (Å²) in [5.74, 6) is -2.85. The number of hydrogen-bond donors (Lipinski definition) is 1. The maximum atomic E-state index is 11.8. The van der Waals surface area contributed by atoms with Gasteiger partial charge in [-0.3, -0.25) is 0 Å². The largest absolute Gasteiger partial charge is 0.389 e. The Balaban J connectivity index is 1.77. The van der Waals surface area contributed by atoms with Gasteiger partial charge in [0.1, 0.15) is 0 Å². The van der Waals surface area contributed by atoms with E-state index in [9.17, 15) is 24.3 Å². The number of aliphatic hydroxyl groups is 1. The molecule has 1 N–H and O–H groups in total. The minimum absolute atomic E-state index is 0.123. The average molecular weight is 352 g/mol. The number of aliphatic hydroxyl groups excluding tert-OH is 1. The first kappa shape index (κ1) is 16.2. The summed E-state index contributed by atoms with van der Waals surface area (Å²) in [6.07, 6.45) is -0.594. The van der Waals surface area contributed by atoms with Crippen molar-refractivity contribution >= 4 is 23.9 Å². The zero-order valence-corrected chi connectivity index (χ0v) is 13.6. The van der Waals surface area contributed by atoms with E-state index in [-0.39, 0.29) is 28.7 Å². The molecule has 2 aliphatic heterocycles. The van der Waals surface area contributed by atoms with Crippen molar-refractivity contribution in [2.45, 2.75) is 19.4 Å².